The van der Waals surface area contributed by atoms with Gasteiger partial charge in [0.15, 0.2) is 0 Å². The standard InChI is InChI=1S/C13H20N2OS/c1-3-13(16)12-5-4-11(8-14-12)15-6-7-17-9-10(15)2/h4-5,8,10,13,16H,3,6-7,9H2,1-2H3/t10?,13-/m0/s1. The van der Waals surface area contributed by atoms with Gasteiger partial charge >= 0.3 is 0 Å². The van der Waals surface area contributed by atoms with Crippen molar-refractivity contribution >= 4 is 17.4 Å². The maximum atomic E-state index is 9.70. The summed E-state index contributed by atoms with van der Waals surface area (Å²) < 4.78 is 0. The molecular weight excluding hydrogens is 232 g/mol. The molecule has 0 radical (unpaired) electrons. The Morgan fingerprint density at radius 1 is 1.59 bits per heavy atom. The topological polar surface area (TPSA) is 36.4 Å². The molecule has 1 saturated heterocycles. The molecule has 1 aliphatic heterocycles. The quantitative estimate of drug-likeness (QED) is 0.896. The number of rotatable bonds is 3. The molecule has 0 saturated carbocycles. The Morgan fingerprint density at radius 2 is 2.41 bits per heavy atom. The van der Waals surface area contributed by atoms with E-state index in [-0.39, 0.29) is 0 Å². The first-order chi connectivity index (χ1) is 8.22. The lowest BCUT2D eigenvalue weighted by atomic mass is 10.1. The third-order valence-electron chi connectivity index (χ3n) is 3.20. The predicted octanol–water partition coefficient (Wildman–Crippen LogP) is 2.47. The fourth-order valence-corrected chi connectivity index (χ4v) is 3.10. The van der Waals surface area contributed by atoms with E-state index in [1.165, 1.54) is 17.2 Å². The number of thioether (sulfide) groups is 1. The summed E-state index contributed by atoms with van der Waals surface area (Å²) in [7, 11) is 0. The third-order valence-corrected chi connectivity index (χ3v) is 4.39. The molecule has 2 heterocycles. The van der Waals surface area contributed by atoms with Gasteiger partial charge in [0, 0.05) is 24.1 Å². The molecule has 0 aliphatic carbocycles. The van der Waals surface area contributed by atoms with Crippen LogP contribution in [0.2, 0.25) is 0 Å². The van der Waals surface area contributed by atoms with Crippen LogP contribution < -0.4 is 4.90 Å². The molecule has 0 aromatic carbocycles. The van der Waals surface area contributed by atoms with Gasteiger partial charge < -0.3 is 10.0 Å². The molecule has 0 amide bonds. The van der Waals surface area contributed by atoms with Gasteiger partial charge in [-0.15, -0.1) is 0 Å². The van der Waals surface area contributed by atoms with Crippen molar-refractivity contribution in [3.05, 3.63) is 24.0 Å². The minimum absolute atomic E-state index is 0.432. The molecule has 17 heavy (non-hydrogen) atoms. The van der Waals surface area contributed by atoms with Gasteiger partial charge in [0.25, 0.3) is 0 Å². The maximum Gasteiger partial charge on any atom is 0.0957 e. The zero-order chi connectivity index (χ0) is 12.3. The molecule has 1 aromatic heterocycles. The van der Waals surface area contributed by atoms with Gasteiger partial charge in [0.2, 0.25) is 0 Å². The zero-order valence-corrected chi connectivity index (χ0v) is 11.3. The predicted molar refractivity (Wildman–Crippen MR) is 73.6 cm³/mol. The smallest absolute Gasteiger partial charge is 0.0957 e. The lowest BCUT2D eigenvalue weighted by Gasteiger charge is -2.34. The van der Waals surface area contributed by atoms with E-state index in [0.717, 1.165) is 12.2 Å². The molecule has 0 bridgehead atoms. The largest absolute Gasteiger partial charge is 0.387 e. The van der Waals surface area contributed by atoms with Crippen LogP contribution in [-0.2, 0) is 0 Å². The Hall–Kier alpha value is -0.740. The molecule has 0 spiro atoms. The van der Waals surface area contributed by atoms with Crippen molar-refractivity contribution in [2.24, 2.45) is 0 Å². The summed E-state index contributed by atoms with van der Waals surface area (Å²) >= 11 is 2.01. The first kappa shape index (κ1) is 12.7. The molecule has 1 fully saturated rings. The second-order valence-electron chi connectivity index (χ2n) is 4.48. The number of anilines is 1. The number of hydrogen-bond acceptors (Lipinski definition) is 4. The zero-order valence-electron chi connectivity index (χ0n) is 10.5. The number of nitrogens with zero attached hydrogens (tertiary/aromatic N) is 2. The number of aromatic nitrogens is 1. The monoisotopic (exact) mass is 252 g/mol. The highest BCUT2D eigenvalue weighted by Crippen LogP contribution is 2.24. The van der Waals surface area contributed by atoms with E-state index < -0.39 is 6.10 Å². The molecule has 3 nitrogen and oxygen atoms in total. The molecule has 94 valence electrons. The van der Waals surface area contributed by atoms with Gasteiger partial charge in [-0.1, -0.05) is 6.92 Å². The Morgan fingerprint density at radius 3 is 3.00 bits per heavy atom. The minimum atomic E-state index is -0.432. The van der Waals surface area contributed by atoms with Crippen LogP contribution in [0.3, 0.4) is 0 Å². The van der Waals surface area contributed by atoms with E-state index in [9.17, 15) is 5.11 Å². The summed E-state index contributed by atoms with van der Waals surface area (Å²) in [4.78, 5) is 6.76. The molecular formula is C13H20N2OS. The van der Waals surface area contributed by atoms with Crippen molar-refractivity contribution < 1.29 is 5.11 Å². The van der Waals surface area contributed by atoms with Crippen LogP contribution in [0.25, 0.3) is 0 Å². The molecule has 1 aromatic rings. The van der Waals surface area contributed by atoms with Crippen molar-refractivity contribution in [1.82, 2.24) is 4.98 Å². The number of hydrogen-bond donors (Lipinski definition) is 1. The van der Waals surface area contributed by atoms with Crippen molar-refractivity contribution in [3.8, 4) is 0 Å². The lowest BCUT2D eigenvalue weighted by Crippen LogP contribution is -2.40. The minimum Gasteiger partial charge on any atom is -0.387 e. The van der Waals surface area contributed by atoms with E-state index in [0.29, 0.717) is 12.5 Å². The van der Waals surface area contributed by atoms with E-state index >= 15 is 0 Å². The average Bonchev–Trinajstić information content (AvgIpc) is 2.39. The number of pyridine rings is 1. The van der Waals surface area contributed by atoms with Gasteiger partial charge in [-0.3, -0.25) is 4.98 Å². The molecule has 2 rings (SSSR count). The van der Waals surface area contributed by atoms with Crippen LogP contribution in [0.1, 0.15) is 32.1 Å². The average molecular weight is 252 g/mol. The summed E-state index contributed by atoms with van der Waals surface area (Å²) in [5, 5.41) is 9.70. The van der Waals surface area contributed by atoms with Gasteiger partial charge in [-0.05, 0) is 25.5 Å². The van der Waals surface area contributed by atoms with Crippen LogP contribution in [0.4, 0.5) is 5.69 Å². The highest BCUT2D eigenvalue weighted by atomic mass is 32.2. The number of aliphatic hydroxyl groups is 1. The summed E-state index contributed by atoms with van der Waals surface area (Å²) in [6.07, 6.45) is 2.17. The Kier molecular flexibility index (Phi) is 4.29. The van der Waals surface area contributed by atoms with E-state index in [2.05, 4.69) is 22.9 Å². The van der Waals surface area contributed by atoms with Crippen molar-refractivity contribution in [1.29, 1.82) is 0 Å². The second kappa shape index (κ2) is 5.74. The third kappa shape index (κ3) is 2.93. The summed E-state index contributed by atoms with van der Waals surface area (Å²) in [5.41, 5.74) is 1.94. The van der Waals surface area contributed by atoms with Crippen LogP contribution in [-0.4, -0.2) is 34.2 Å². The van der Waals surface area contributed by atoms with Crippen LogP contribution in [0.5, 0.6) is 0 Å². The highest BCUT2D eigenvalue weighted by molar-refractivity contribution is 7.99. The number of aliphatic hydroxyl groups excluding tert-OH is 1. The van der Waals surface area contributed by atoms with E-state index in [4.69, 9.17) is 0 Å². The Labute approximate surface area is 107 Å². The van der Waals surface area contributed by atoms with Gasteiger partial charge in [-0.25, -0.2) is 0 Å². The summed E-state index contributed by atoms with van der Waals surface area (Å²) in [5.74, 6) is 2.36. The van der Waals surface area contributed by atoms with Gasteiger partial charge in [0.1, 0.15) is 0 Å². The Balaban J connectivity index is 2.11. The maximum absolute atomic E-state index is 9.70. The SMILES string of the molecule is CC[C@H](O)c1ccc(N2CCSCC2C)cn1. The van der Waals surface area contributed by atoms with E-state index in [1.54, 1.807) is 0 Å². The highest BCUT2D eigenvalue weighted by Gasteiger charge is 2.19. The van der Waals surface area contributed by atoms with Gasteiger partial charge in [0.05, 0.1) is 23.7 Å². The van der Waals surface area contributed by atoms with Crippen LogP contribution in [0.15, 0.2) is 18.3 Å². The van der Waals surface area contributed by atoms with E-state index in [1.807, 2.05) is 30.9 Å². The Bertz CT molecular complexity index is 355. The lowest BCUT2D eigenvalue weighted by molar-refractivity contribution is 0.169. The van der Waals surface area contributed by atoms with Gasteiger partial charge in [-0.2, -0.15) is 11.8 Å². The van der Waals surface area contributed by atoms with Crippen LogP contribution >= 0.6 is 11.8 Å². The van der Waals surface area contributed by atoms with Crippen LogP contribution in [0, 0.1) is 0 Å². The fraction of sp³-hybridized carbons (Fsp3) is 0.615. The second-order valence-corrected chi connectivity index (χ2v) is 5.63. The molecule has 4 heteroatoms. The molecule has 1 unspecified atom stereocenters. The molecule has 1 aliphatic rings. The molecule has 1 N–H and O–H groups in total. The fourth-order valence-electron chi connectivity index (χ4n) is 2.08. The van der Waals surface area contributed by atoms with Crippen molar-refractivity contribution in [2.45, 2.75) is 32.4 Å². The van der Waals surface area contributed by atoms with Crippen molar-refractivity contribution in [2.75, 3.05) is 23.0 Å². The molecule has 2 atom stereocenters. The summed E-state index contributed by atoms with van der Waals surface area (Å²) in [6, 6.07) is 4.59. The summed E-state index contributed by atoms with van der Waals surface area (Å²) in [6.45, 7) is 5.30. The first-order valence-corrected chi connectivity index (χ1v) is 7.36. The van der Waals surface area contributed by atoms with Crippen molar-refractivity contribution in [3.63, 3.8) is 0 Å². The first-order valence-electron chi connectivity index (χ1n) is 6.20. The normalized spacial score (nSPS) is 22.5.